The minimum absolute atomic E-state index is 0.283. The Hall–Kier alpha value is -1.55. The number of esters is 1. The lowest BCUT2D eigenvalue weighted by molar-refractivity contribution is 0.0493. The Labute approximate surface area is 153 Å². The van der Waals surface area contributed by atoms with Gasteiger partial charge in [0.1, 0.15) is 11.3 Å². The Balaban J connectivity index is 2.28. The van der Waals surface area contributed by atoms with Gasteiger partial charge in [-0.1, -0.05) is 57.6 Å². The maximum Gasteiger partial charge on any atom is 0.341 e. The van der Waals surface area contributed by atoms with E-state index < -0.39 is 0 Å². The number of carbonyl (C=O) groups excluding carboxylic acids is 1. The van der Waals surface area contributed by atoms with Crippen molar-refractivity contribution in [2.75, 3.05) is 33.9 Å². The van der Waals surface area contributed by atoms with Crippen LogP contribution in [0.4, 0.5) is 0 Å². The summed E-state index contributed by atoms with van der Waals surface area (Å²) in [4.78, 5) is 14.4. The van der Waals surface area contributed by atoms with Crippen molar-refractivity contribution in [3.63, 3.8) is 0 Å². The molecule has 1 rings (SSSR count). The second-order valence-corrected chi connectivity index (χ2v) is 6.76. The first kappa shape index (κ1) is 21.5. The Kier molecular flexibility index (Phi) is 11.8. The van der Waals surface area contributed by atoms with E-state index in [1.165, 1.54) is 32.1 Å². The van der Waals surface area contributed by atoms with Gasteiger partial charge in [0.05, 0.1) is 13.2 Å². The van der Waals surface area contributed by atoms with Crippen LogP contribution in [0.5, 0.6) is 5.75 Å². The van der Waals surface area contributed by atoms with Crippen molar-refractivity contribution in [2.45, 2.75) is 58.3 Å². The lowest BCUT2D eigenvalue weighted by Gasteiger charge is -2.13. The number of rotatable bonds is 14. The number of ether oxygens (including phenoxy) is 2. The van der Waals surface area contributed by atoms with Gasteiger partial charge >= 0.3 is 5.97 Å². The van der Waals surface area contributed by atoms with Gasteiger partial charge in [-0.25, -0.2) is 4.79 Å². The minimum Gasteiger partial charge on any atom is -0.493 e. The van der Waals surface area contributed by atoms with Crippen LogP contribution in [0.1, 0.15) is 68.6 Å². The summed E-state index contributed by atoms with van der Waals surface area (Å²) < 4.78 is 11.2. The number of carbonyl (C=O) groups is 1. The van der Waals surface area contributed by atoms with Crippen LogP contribution in [-0.4, -0.2) is 44.7 Å². The van der Waals surface area contributed by atoms with Crippen LogP contribution in [0.15, 0.2) is 24.3 Å². The standard InChI is InChI=1S/C21H35NO3/c1-4-5-6-7-8-9-12-17-25-21(23)19-14-10-11-15-20(19)24-18-13-16-22(2)3/h10-11,14-15H,4-9,12-13,16-18H2,1-3H3. The van der Waals surface area contributed by atoms with Crippen LogP contribution >= 0.6 is 0 Å². The van der Waals surface area contributed by atoms with E-state index in [0.717, 1.165) is 25.8 Å². The zero-order chi connectivity index (χ0) is 18.3. The highest BCUT2D eigenvalue weighted by Crippen LogP contribution is 2.19. The van der Waals surface area contributed by atoms with Crippen LogP contribution in [0.3, 0.4) is 0 Å². The van der Waals surface area contributed by atoms with Crippen molar-refractivity contribution in [1.82, 2.24) is 4.90 Å². The molecule has 0 aromatic heterocycles. The molecule has 0 saturated heterocycles. The average molecular weight is 350 g/mol. The first-order valence-electron chi connectivity index (χ1n) is 9.68. The van der Waals surface area contributed by atoms with E-state index in [1.807, 2.05) is 32.3 Å². The number of unbranched alkanes of at least 4 members (excludes halogenated alkanes) is 6. The highest BCUT2D eigenvalue weighted by molar-refractivity contribution is 5.92. The molecule has 0 amide bonds. The van der Waals surface area contributed by atoms with Crippen LogP contribution < -0.4 is 4.74 Å². The van der Waals surface area contributed by atoms with Gasteiger partial charge in [0.25, 0.3) is 0 Å². The molecule has 0 aliphatic rings. The van der Waals surface area contributed by atoms with Crippen LogP contribution in [0.2, 0.25) is 0 Å². The highest BCUT2D eigenvalue weighted by atomic mass is 16.5. The van der Waals surface area contributed by atoms with Gasteiger partial charge in [-0.15, -0.1) is 0 Å². The lowest BCUT2D eigenvalue weighted by Crippen LogP contribution is -2.16. The predicted octanol–water partition coefficient (Wildman–Crippen LogP) is 4.92. The molecule has 1 aromatic carbocycles. The van der Waals surface area contributed by atoms with Gasteiger partial charge in [0.2, 0.25) is 0 Å². The van der Waals surface area contributed by atoms with Gasteiger partial charge in [0.15, 0.2) is 0 Å². The van der Waals surface area contributed by atoms with E-state index in [1.54, 1.807) is 6.07 Å². The van der Waals surface area contributed by atoms with Gasteiger partial charge in [-0.05, 0) is 39.1 Å². The lowest BCUT2D eigenvalue weighted by atomic mass is 10.1. The summed E-state index contributed by atoms with van der Waals surface area (Å²) in [5.41, 5.74) is 0.523. The molecule has 4 heteroatoms. The molecule has 1 aromatic rings. The number of hydrogen-bond acceptors (Lipinski definition) is 4. The van der Waals surface area contributed by atoms with E-state index in [-0.39, 0.29) is 5.97 Å². The van der Waals surface area contributed by atoms with Gasteiger partial charge in [-0.3, -0.25) is 0 Å². The highest BCUT2D eigenvalue weighted by Gasteiger charge is 2.13. The van der Waals surface area contributed by atoms with E-state index in [9.17, 15) is 4.79 Å². The summed E-state index contributed by atoms with van der Waals surface area (Å²) in [6.45, 7) is 4.27. The molecule has 0 atom stereocenters. The summed E-state index contributed by atoms with van der Waals surface area (Å²) in [5, 5.41) is 0. The van der Waals surface area contributed by atoms with E-state index in [0.29, 0.717) is 24.5 Å². The maximum absolute atomic E-state index is 12.3. The summed E-state index contributed by atoms with van der Waals surface area (Å²) in [6.07, 6.45) is 9.40. The molecular weight excluding hydrogens is 314 g/mol. The monoisotopic (exact) mass is 349 g/mol. The fourth-order valence-electron chi connectivity index (χ4n) is 2.63. The minimum atomic E-state index is -0.283. The molecule has 0 heterocycles. The van der Waals surface area contributed by atoms with Crippen LogP contribution in [0, 0.1) is 0 Å². The van der Waals surface area contributed by atoms with E-state index in [4.69, 9.17) is 9.47 Å². The van der Waals surface area contributed by atoms with Crippen LogP contribution in [0.25, 0.3) is 0 Å². The molecule has 0 saturated carbocycles. The van der Waals surface area contributed by atoms with Gasteiger partial charge in [0, 0.05) is 6.54 Å². The summed E-state index contributed by atoms with van der Waals surface area (Å²) in [5.74, 6) is 0.333. The first-order chi connectivity index (χ1) is 12.1. The Morgan fingerprint density at radius 3 is 2.32 bits per heavy atom. The molecule has 0 bridgehead atoms. The summed E-state index contributed by atoms with van der Waals surface area (Å²) >= 11 is 0. The molecule has 142 valence electrons. The molecule has 0 N–H and O–H groups in total. The largest absolute Gasteiger partial charge is 0.493 e. The van der Waals surface area contributed by atoms with Crippen molar-refractivity contribution >= 4 is 5.97 Å². The summed E-state index contributed by atoms with van der Waals surface area (Å²) in [6, 6.07) is 7.33. The predicted molar refractivity (Wildman–Crippen MR) is 103 cm³/mol. The zero-order valence-corrected chi connectivity index (χ0v) is 16.3. The number of para-hydroxylation sites is 1. The normalized spacial score (nSPS) is 10.9. The zero-order valence-electron chi connectivity index (χ0n) is 16.3. The van der Waals surface area contributed by atoms with Crippen molar-refractivity contribution in [2.24, 2.45) is 0 Å². The maximum atomic E-state index is 12.3. The smallest absolute Gasteiger partial charge is 0.341 e. The molecule has 0 aliphatic heterocycles. The molecule has 0 unspecified atom stereocenters. The van der Waals surface area contributed by atoms with Gasteiger partial charge in [-0.2, -0.15) is 0 Å². The molecule has 0 spiro atoms. The number of benzene rings is 1. The molecule has 0 aliphatic carbocycles. The molecule has 0 radical (unpaired) electrons. The number of nitrogens with zero attached hydrogens (tertiary/aromatic N) is 1. The Morgan fingerprint density at radius 2 is 1.60 bits per heavy atom. The van der Waals surface area contributed by atoms with Crippen molar-refractivity contribution in [3.05, 3.63) is 29.8 Å². The third-order valence-electron chi connectivity index (χ3n) is 4.10. The fraction of sp³-hybridized carbons (Fsp3) is 0.667. The Bertz CT molecular complexity index is 474. The van der Waals surface area contributed by atoms with E-state index in [2.05, 4.69) is 11.8 Å². The molecule has 25 heavy (non-hydrogen) atoms. The molecule has 0 fully saturated rings. The number of hydrogen-bond donors (Lipinski definition) is 0. The third-order valence-corrected chi connectivity index (χ3v) is 4.10. The third kappa shape index (κ3) is 10.1. The fourth-order valence-corrected chi connectivity index (χ4v) is 2.63. The quantitative estimate of drug-likeness (QED) is 0.353. The van der Waals surface area contributed by atoms with Crippen molar-refractivity contribution in [1.29, 1.82) is 0 Å². The molecular formula is C21H35NO3. The second-order valence-electron chi connectivity index (χ2n) is 6.76. The van der Waals surface area contributed by atoms with Crippen molar-refractivity contribution < 1.29 is 14.3 Å². The first-order valence-corrected chi connectivity index (χ1v) is 9.68. The second kappa shape index (κ2) is 13.7. The topological polar surface area (TPSA) is 38.8 Å². The average Bonchev–Trinajstić information content (AvgIpc) is 2.61. The molecule has 4 nitrogen and oxygen atoms in total. The van der Waals surface area contributed by atoms with E-state index >= 15 is 0 Å². The van der Waals surface area contributed by atoms with Crippen LogP contribution in [-0.2, 0) is 4.74 Å². The SMILES string of the molecule is CCCCCCCCCOC(=O)c1ccccc1OCCCN(C)C. The van der Waals surface area contributed by atoms with Gasteiger partial charge < -0.3 is 14.4 Å². The Morgan fingerprint density at radius 1 is 0.920 bits per heavy atom. The summed E-state index contributed by atoms with van der Waals surface area (Å²) in [7, 11) is 4.07. The van der Waals surface area contributed by atoms with Crippen molar-refractivity contribution in [3.8, 4) is 5.75 Å².